The van der Waals surface area contributed by atoms with Gasteiger partial charge in [-0.25, -0.2) is 8.42 Å². The Morgan fingerprint density at radius 2 is 1.66 bits per heavy atom. The predicted molar refractivity (Wildman–Crippen MR) is 128 cm³/mol. The Hall–Kier alpha value is -1.67. The van der Waals surface area contributed by atoms with E-state index in [9.17, 15) is 13.0 Å². The second-order valence-electron chi connectivity index (χ2n) is 6.85. The van der Waals surface area contributed by atoms with Gasteiger partial charge >= 0.3 is 7.60 Å². The summed E-state index contributed by atoms with van der Waals surface area (Å²) < 4.78 is 53.0. The molecule has 0 radical (unpaired) electrons. The van der Waals surface area contributed by atoms with E-state index in [2.05, 4.69) is 4.98 Å². The number of fused-ring (bicyclic) bond motifs is 1. The van der Waals surface area contributed by atoms with Crippen molar-refractivity contribution in [2.75, 3.05) is 23.8 Å². The van der Waals surface area contributed by atoms with Crippen LogP contribution in [0.5, 0.6) is 0 Å². The minimum absolute atomic E-state index is 0.0843. The van der Waals surface area contributed by atoms with Crippen molar-refractivity contribution < 1.29 is 22.0 Å². The summed E-state index contributed by atoms with van der Waals surface area (Å²) >= 11 is 12.2. The number of pyridine rings is 1. The Morgan fingerprint density at radius 3 is 2.25 bits per heavy atom. The van der Waals surface area contributed by atoms with Crippen molar-refractivity contribution in [2.24, 2.45) is 0 Å². The zero-order valence-electron chi connectivity index (χ0n) is 17.8. The molecule has 0 bridgehead atoms. The van der Waals surface area contributed by atoms with Gasteiger partial charge in [-0.2, -0.15) is 0 Å². The SMILES string of the molecule is CCOP(=O)(CN(c1c(C)ccc2cccnc12)S(=O)(=O)c1cc(Cl)cc(Cl)c1)OCC. The van der Waals surface area contributed by atoms with E-state index in [1.165, 1.54) is 18.2 Å². The highest BCUT2D eigenvalue weighted by Crippen LogP contribution is 2.51. The van der Waals surface area contributed by atoms with Gasteiger partial charge in [0.2, 0.25) is 0 Å². The summed E-state index contributed by atoms with van der Waals surface area (Å²) in [6.45, 7) is 5.24. The molecule has 3 rings (SSSR count). The van der Waals surface area contributed by atoms with Crippen molar-refractivity contribution in [3.63, 3.8) is 0 Å². The molecule has 1 heterocycles. The number of hydrogen-bond donors (Lipinski definition) is 0. The van der Waals surface area contributed by atoms with E-state index in [4.69, 9.17) is 32.2 Å². The summed E-state index contributed by atoms with van der Waals surface area (Å²) in [5, 5.41) is 1.03. The van der Waals surface area contributed by atoms with Crippen molar-refractivity contribution in [3.05, 3.63) is 64.3 Å². The number of anilines is 1. The summed E-state index contributed by atoms with van der Waals surface area (Å²) in [5.41, 5.74) is 1.33. The molecule has 172 valence electrons. The Morgan fingerprint density at radius 1 is 1.03 bits per heavy atom. The monoisotopic (exact) mass is 516 g/mol. The van der Waals surface area contributed by atoms with E-state index >= 15 is 0 Å². The Balaban J connectivity index is 2.30. The van der Waals surface area contributed by atoms with Gasteiger partial charge in [-0.1, -0.05) is 41.4 Å². The normalized spacial score (nSPS) is 12.3. The van der Waals surface area contributed by atoms with Crippen LogP contribution in [0.1, 0.15) is 19.4 Å². The van der Waals surface area contributed by atoms with Crippen molar-refractivity contribution >= 4 is 57.4 Å². The van der Waals surface area contributed by atoms with Crippen LogP contribution in [0.2, 0.25) is 10.0 Å². The van der Waals surface area contributed by atoms with Crippen LogP contribution in [0.4, 0.5) is 5.69 Å². The van der Waals surface area contributed by atoms with Crippen molar-refractivity contribution in [1.82, 2.24) is 4.98 Å². The molecule has 0 fully saturated rings. The van der Waals surface area contributed by atoms with Crippen LogP contribution < -0.4 is 4.31 Å². The van der Waals surface area contributed by atoms with Gasteiger partial charge in [-0.05, 0) is 50.6 Å². The molecule has 32 heavy (non-hydrogen) atoms. The number of aryl methyl sites for hydroxylation is 1. The summed E-state index contributed by atoms with van der Waals surface area (Å²) in [4.78, 5) is 4.25. The molecule has 3 aromatic rings. The maximum absolute atomic E-state index is 13.9. The molecule has 0 saturated heterocycles. The van der Waals surface area contributed by atoms with Gasteiger partial charge in [0.05, 0.1) is 29.3 Å². The first kappa shape index (κ1) is 25.0. The van der Waals surface area contributed by atoms with Gasteiger partial charge < -0.3 is 9.05 Å². The highest BCUT2D eigenvalue weighted by atomic mass is 35.5. The lowest BCUT2D eigenvalue weighted by Gasteiger charge is -2.30. The maximum Gasteiger partial charge on any atom is 0.350 e. The second kappa shape index (κ2) is 10.1. The molecule has 0 atom stereocenters. The van der Waals surface area contributed by atoms with Crippen molar-refractivity contribution in [3.8, 4) is 0 Å². The lowest BCUT2D eigenvalue weighted by molar-refractivity contribution is 0.221. The van der Waals surface area contributed by atoms with E-state index in [1.807, 2.05) is 12.1 Å². The van der Waals surface area contributed by atoms with Gasteiger partial charge in [0, 0.05) is 21.6 Å². The fraction of sp³-hybridized carbons (Fsp3) is 0.286. The summed E-state index contributed by atoms with van der Waals surface area (Å²) in [6.07, 6.45) is 1.02. The number of halogens is 2. The fourth-order valence-corrected chi connectivity index (χ4v) is 7.73. The molecule has 0 N–H and O–H groups in total. The third kappa shape index (κ3) is 5.28. The molecule has 0 saturated carbocycles. The molecule has 0 aliphatic rings. The summed E-state index contributed by atoms with van der Waals surface area (Å²) in [7, 11) is -8.12. The first-order valence-electron chi connectivity index (χ1n) is 9.82. The van der Waals surface area contributed by atoms with Crippen LogP contribution in [0.15, 0.2) is 53.6 Å². The molecule has 11 heteroatoms. The molecule has 0 spiro atoms. The average Bonchev–Trinajstić information content (AvgIpc) is 2.72. The molecule has 0 unspecified atom stereocenters. The average molecular weight is 517 g/mol. The zero-order valence-corrected chi connectivity index (χ0v) is 21.0. The zero-order chi connectivity index (χ0) is 23.5. The second-order valence-corrected chi connectivity index (χ2v) is 11.6. The van der Waals surface area contributed by atoms with E-state index in [0.29, 0.717) is 11.1 Å². The molecule has 1 aromatic heterocycles. The highest BCUT2D eigenvalue weighted by Gasteiger charge is 2.37. The highest BCUT2D eigenvalue weighted by molar-refractivity contribution is 7.93. The van der Waals surface area contributed by atoms with Crippen LogP contribution in [0.25, 0.3) is 10.9 Å². The Kier molecular flexibility index (Phi) is 7.86. The van der Waals surface area contributed by atoms with Gasteiger partial charge in [0.25, 0.3) is 10.0 Å². The van der Waals surface area contributed by atoms with Crippen molar-refractivity contribution in [2.45, 2.75) is 25.7 Å². The fourth-order valence-electron chi connectivity index (χ4n) is 3.29. The molecular formula is C21H23Cl2N2O5PS. The first-order valence-corrected chi connectivity index (χ1v) is 13.7. The Labute approximate surface area is 197 Å². The summed E-state index contributed by atoms with van der Waals surface area (Å²) in [5.74, 6) is 0. The number of aromatic nitrogens is 1. The molecule has 7 nitrogen and oxygen atoms in total. The van der Waals surface area contributed by atoms with E-state index in [1.54, 1.807) is 39.1 Å². The molecule has 0 aliphatic heterocycles. The van der Waals surface area contributed by atoms with Gasteiger partial charge in [0.1, 0.15) is 6.29 Å². The number of rotatable bonds is 9. The standard InChI is InChI=1S/C21H23Cl2N2O5PS/c1-4-29-31(26,30-5-2)14-25(32(27,28)19-12-17(22)11-18(23)13-19)21-15(3)8-9-16-7-6-10-24-20(16)21/h6-13H,4-5,14H2,1-3H3. The number of sulfonamides is 1. The first-order chi connectivity index (χ1) is 15.1. The lowest BCUT2D eigenvalue weighted by atomic mass is 10.1. The van der Waals surface area contributed by atoms with Crippen LogP contribution >= 0.6 is 30.8 Å². The van der Waals surface area contributed by atoms with E-state index in [-0.39, 0.29) is 33.8 Å². The molecule has 0 aliphatic carbocycles. The minimum Gasteiger partial charge on any atom is -0.308 e. The largest absolute Gasteiger partial charge is 0.350 e. The van der Waals surface area contributed by atoms with Crippen LogP contribution in [0.3, 0.4) is 0 Å². The molecule has 0 amide bonds. The molecular weight excluding hydrogens is 494 g/mol. The number of benzene rings is 2. The predicted octanol–water partition coefficient (Wildman–Crippen LogP) is 6.27. The van der Waals surface area contributed by atoms with Crippen LogP contribution in [-0.2, 0) is 23.6 Å². The minimum atomic E-state index is -4.29. The maximum atomic E-state index is 13.9. The number of nitrogens with zero attached hydrogens (tertiary/aromatic N) is 2. The lowest BCUT2D eigenvalue weighted by Crippen LogP contribution is -2.33. The van der Waals surface area contributed by atoms with Crippen LogP contribution in [0, 0.1) is 6.92 Å². The smallest absolute Gasteiger partial charge is 0.308 e. The number of hydrogen-bond acceptors (Lipinski definition) is 6. The van der Waals surface area contributed by atoms with Gasteiger partial charge in [0.15, 0.2) is 0 Å². The van der Waals surface area contributed by atoms with Crippen molar-refractivity contribution in [1.29, 1.82) is 0 Å². The Bertz CT molecular complexity index is 1260. The van der Waals surface area contributed by atoms with E-state index < -0.39 is 23.9 Å². The molecule has 2 aromatic carbocycles. The topological polar surface area (TPSA) is 85.8 Å². The van der Waals surface area contributed by atoms with E-state index in [0.717, 1.165) is 9.69 Å². The third-order valence-electron chi connectivity index (χ3n) is 4.58. The summed E-state index contributed by atoms with van der Waals surface area (Å²) in [6, 6.07) is 11.2. The quantitative estimate of drug-likeness (QED) is 0.311. The van der Waals surface area contributed by atoms with Gasteiger partial charge in [-0.15, -0.1) is 0 Å². The third-order valence-corrected chi connectivity index (χ3v) is 8.86. The van der Waals surface area contributed by atoms with Crippen LogP contribution in [-0.4, -0.2) is 32.9 Å². The van der Waals surface area contributed by atoms with Gasteiger partial charge in [-0.3, -0.25) is 13.9 Å².